The lowest BCUT2D eigenvalue weighted by molar-refractivity contribution is 0.371. The summed E-state index contributed by atoms with van der Waals surface area (Å²) in [6.07, 6.45) is 4.41. The molecule has 6 nitrogen and oxygen atoms in total. The average molecular weight is 314 g/mol. The van der Waals surface area contributed by atoms with Crippen molar-refractivity contribution in [2.45, 2.75) is 57.6 Å². The zero-order valence-electron chi connectivity index (χ0n) is 13.1. The molecule has 0 spiro atoms. The lowest BCUT2D eigenvalue weighted by Gasteiger charge is -2.22. The molecule has 0 amide bonds. The van der Waals surface area contributed by atoms with E-state index in [4.69, 9.17) is 0 Å². The van der Waals surface area contributed by atoms with E-state index in [0.717, 1.165) is 25.8 Å². The van der Waals surface area contributed by atoms with Crippen molar-refractivity contribution in [3.63, 3.8) is 0 Å². The maximum Gasteiger partial charge on any atom is 0.260 e. The molecular formula is C14H26N4O2S. The summed E-state index contributed by atoms with van der Waals surface area (Å²) in [5.74, 6) is 0.490. The van der Waals surface area contributed by atoms with E-state index in [0.29, 0.717) is 24.6 Å². The molecule has 21 heavy (non-hydrogen) atoms. The van der Waals surface area contributed by atoms with Crippen molar-refractivity contribution in [3.8, 4) is 0 Å². The second kappa shape index (κ2) is 6.89. The number of aromatic amines is 1. The van der Waals surface area contributed by atoms with Crippen LogP contribution in [0.5, 0.6) is 0 Å². The highest BCUT2D eigenvalue weighted by atomic mass is 32.2. The SMILES string of the molecule is CCNCc1cn[nH]c1S(=O)(=O)N(CCC(C)C)C1CC1. The van der Waals surface area contributed by atoms with E-state index in [1.54, 1.807) is 10.5 Å². The molecule has 1 aromatic rings. The number of rotatable bonds is 9. The Hall–Kier alpha value is -0.920. The Labute approximate surface area is 127 Å². The summed E-state index contributed by atoms with van der Waals surface area (Å²) in [6, 6.07) is 0.170. The Morgan fingerprint density at radius 1 is 1.48 bits per heavy atom. The first-order valence-electron chi connectivity index (χ1n) is 7.71. The van der Waals surface area contributed by atoms with Crippen molar-refractivity contribution in [3.05, 3.63) is 11.8 Å². The first-order chi connectivity index (χ1) is 9.96. The summed E-state index contributed by atoms with van der Waals surface area (Å²) in [5, 5.41) is 10.0. The van der Waals surface area contributed by atoms with Gasteiger partial charge in [0.1, 0.15) is 0 Å². The number of sulfonamides is 1. The van der Waals surface area contributed by atoms with Gasteiger partial charge in [-0.1, -0.05) is 20.8 Å². The molecule has 0 unspecified atom stereocenters. The maximum atomic E-state index is 12.9. The molecule has 0 aliphatic heterocycles. The Kier molecular flexibility index (Phi) is 5.40. The Bertz CT molecular complexity index is 549. The lowest BCUT2D eigenvalue weighted by atomic mass is 10.1. The number of aromatic nitrogens is 2. The van der Waals surface area contributed by atoms with Crippen molar-refractivity contribution >= 4 is 10.0 Å². The second-order valence-corrected chi connectivity index (χ2v) is 7.86. The Morgan fingerprint density at radius 2 is 2.19 bits per heavy atom. The van der Waals surface area contributed by atoms with Crippen LogP contribution in [0, 0.1) is 5.92 Å². The van der Waals surface area contributed by atoms with Crippen LogP contribution < -0.4 is 5.32 Å². The first kappa shape index (κ1) is 16.5. The molecule has 2 N–H and O–H groups in total. The van der Waals surface area contributed by atoms with Gasteiger partial charge in [-0.3, -0.25) is 5.10 Å². The summed E-state index contributed by atoms with van der Waals surface area (Å²) >= 11 is 0. The van der Waals surface area contributed by atoms with E-state index in [2.05, 4.69) is 29.4 Å². The molecule has 7 heteroatoms. The molecule has 1 saturated carbocycles. The van der Waals surface area contributed by atoms with Crippen LogP contribution in [0.3, 0.4) is 0 Å². The van der Waals surface area contributed by atoms with Crippen LogP contribution in [0.4, 0.5) is 0 Å². The van der Waals surface area contributed by atoms with Crippen LogP contribution in [0.25, 0.3) is 0 Å². The molecule has 0 saturated heterocycles. The predicted molar refractivity (Wildman–Crippen MR) is 82.3 cm³/mol. The van der Waals surface area contributed by atoms with Gasteiger partial charge in [-0.15, -0.1) is 0 Å². The number of H-pyrrole nitrogens is 1. The summed E-state index contributed by atoms with van der Waals surface area (Å²) in [6.45, 7) is 8.13. The zero-order chi connectivity index (χ0) is 15.5. The van der Waals surface area contributed by atoms with Crippen molar-refractivity contribution in [2.24, 2.45) is 5.92 Å². The standard InChI is InChI=1S/C14H26N4O2S/c1-4-15-9-12-10-16-17-14(12)21(19,20)18(13-5-6-13)8-7-11(2)3/h10-11,13,15H,4-9H2,1-3H3,(H,16,17). The van der Waals surface area contributed by atoms with Gasteiger partial charge in [0.15, 0.2) is 5.03 Å². The Morgan fingerprint density at radius 3 is 2.76 bits per heavy atom. The van der Waals surface area contributed by atoms with Crippen LogP contribution in [-0.2, 0) is 16.6 Å². The van der Waals surface area contributed by atoms with Gasteiger partial charge in [0.25, 0.3) is 10.0 Å². The largest absolute Gasteiger partial charge is 0.313 e. The zero-order valence-corrected chi connectivity index (χ0v) is 13.9. The topological polar surface area (TPSA) is 78.1 Å². The molecule has 1 aromatic heterocycles. The minimum atomic E-state index is -3.48. The van der Waals surface area contributed by atoms with Gasteiger partial charge in [-0.05, 0) is 31.7 Å². The fraction of sp³-hybridized carbons (Fsp3) is 0.786. The molecule has 120 valence electrons. The predicted octanol–water partition coefficient (Wildman–Crippen LogP) is 1.72. The third-order valence-electron chi connectivity index (χ3n) is 3.69. The molecule has 1 aliphatic rings. The molecule has 2 rings (SSSR count). The number of hydrogen-bond acceptors (Lipinski definition) is 4. The molecule has 0 atom stereocenters. The third-order valence-corrected chi connectivity index (χ3v) is 5.66. The van der Waals surface area contributed by atoms with E-state index < -0.39 is 10.0 Å². The van der Waals surface area contributed by atoms with Gasteiger partial charge in [0.05, 0.1) is 6.20 Å². The summed E-state index contributed by atoms with van der Waals surface area (Å²) in [7, 11) is -3.48. The molecular weight excluding hydrogens is 288 g/mol. The van der Waals surface area contributed by atoms with E-state index >= 15 is 0 Å². The second-order valence-electron chi connectivity index (χ2n) is 6.03. The van der Waals surface area contributed by atoms with Crippen molar-refractivity contribution in [1.29, 1.82) is 0 Å². The van der Waals surface area contributed by atoms with Crippen molar-refractivity contribution in [2.75, 3.05) is 13.1 Å². The smallest absolute Gasteiger partial charge is 0.260 e. The highest BCUT2D eigenvalue weighted by Crippen LogP contribution is 2.32. The number of hydrogen-bond donors (Lipinski definition) is 2. The van der Waals surface area contributed by atoms with Crippen LogP contribution in [-0.4, -0.2) is 42.1 Å². The summed E-state index contributed by atoms with van der Waals surface area (Å²) in [4.78, 5) is 0. The van der Waals surface area contributed by atoms with Crippen molar-refractivity contribution < 1.29 is 8.42 Å². The number of nitrogens with zero attached hydrogens (tertiary/aromatic N) is 2. The van der Waals surface area contributed by atoms with E-state index in [-0.39, 0.29) is 11.1 Å². The van der Waals surface area contributed by atoms with Gasteiger partial charge >= 0.3 is 0 Å². The molecule has 0 bridgehead atoms. The minimum absolute atomic E-state index is 0.170. The Balaban J connectivity index is 2.20. The molecule has 1 aliphatic carbocycles. The quantitative estimate of drug-likeness (QED) is 0.727. The van der Waals surface area contributed by atoms with Crippen molar-refractivity contribution in [1.82, 2.24) is 19.8 Å². The van der Waals surface area contributed by atoms with Gasteiger partial charge < -0.3 is 5.32 Å². The molecule has 0 radical (unpaired) electrons. The highest BCUT2D eigenvalue weighted by Gasteiger charge is 2.39. The molecule has 1 heterocycles. The van der Waals surface area contributed by atoms with E-state index in [1.807, 2.05) is 6.92 Å². The van der Waals surface area contributed by atoms with E-state index in [9.17, 15) is 8.42 Å². The first-order valence-corrected chi connectivity index (χ1v) is 9.15. The third kappa shape index (κ3) is 4.05. The fourth-order valence-corrected chi connectivity index (χ4v) is 4.08. The number of nitrogens with one attached hydrogen (secondary N) is 2. The highest BCUT2D eigenvalue weighted by molar-refractivity contribution is 7.89. The van der Waals surface area contributed by atoms with Crippen LogP contribution in [0.1, 0.15) is 45.6 Å². The van der Waals surface area contributed by atoms with Crippen LogP contribution >= 0.6 is 0 Å². The van der Waals surface area contributed by atoms with Crippen LogP contribution in [0.2, 0.25) is 0 Å². The summed E-state index contributed by atoms with van der Waals surface area (Å²) < 4.78 is 27.5. The van der Waals surface area contributed by atoms with E-state index in [1.165, 1.54) is 0 Å². The molecule has 0 aromatic carbocycles. The summed E-state index contributed by atoms with van der Waals surface area (Å²) in [5.41, 5.74) is 0.715. The van der Waals surface area contributed by atoms with Gasteiger partial charge in [-0.2, -0.15) is 9.40 Å². The van der Waals surface area contributed by atoms with Gasteiger partial charge in [0, 0.05) is 24.7 Å². The monoisotopic (exact) mass is 314 g/mol. The maximum absolute atomic E-state index is 12.9. The van der Waals surface area contributed by atoms with Gasteiger partial charge in [0.2, 0.25) is 0 Å². The fourth-order valence-electron chi connectivity index (χ4n) is 2.27. The normalized spacial score (nSPS) is 16.0. The van der Waals surface area contributed by atoms with Gasteiger partial charge in [-0.25, -0.2) is 8.42 Å². The lowest BCUT2D eigenvalue weighted by Crippen LogP contribution is -2.35. The molecule has 1 fully saturated rings. The van der Waals surface area contributed by atoms with Crippen LogP contribution in [0.15, 0.2) is 11.2 Å². The minimum Gasteiger partial charge on any atom is -0.313 e. The average Bonchev–Trinajstić information content (AvgIpc) is 3.12.